The van der Waals surface area contributed by atoms with Gasteiger partial charge in [0.1, 0.15) is 12.6 Å². The summed E-state index contributed by atoms with van der Waals surface area (Å²) in [5, 5.41) is 3.48. The van der Waals surface area contributed by atoms with Gasteiger partial charge < -0.3 is 10.2 Å². The highest BCUT2D eigenvalue weighted by atomic mass is 35.5. The van der Waals surface area contributed by atoms with Crippen LogP contribution in [-0.4, -0.2) is 50.0 Å². The van der Waals surface area contributed by atoms with E-state index < -0.39 is 28.5 Å². The largest absolute Gasteiger partial charge is 0.352 e. The third kappa shape index (κ3) is 8.81. The number of anilines is 1. The molecule has 7 nitrogen and oxygen atoms in total. The third-order valence-corrected chi connectivity index (χ3v) is 8.57. The Labute approximate surface area is 249 Å². The number of amides is 2. The molecule has 2 unspecified atom stereocenters. The van der Waals surface area contributed by atoms with E-state index in [2.05, 4.69) is 5.32 Å². The molecule has 0 aliphatic rings. The Hall–Kier alpha value is -3.36. The lowest BCUT2D eigenvalue weighted by Gasteiger charge is -2.34. The van der Waals surface area contributed by atoms with Crippen LogP contribution >= 0.6 is 11.6 Å². The highest BCUT2D eigenvalue weighted by Gasteiger charge is 2.34. The quantitative estimate of drug-likeness (QED) is 0.270. The standard InChI is InChI=1S/C32H40ClN3O4S/c1-6-24(4)34-32(38)30(20-25-14-8-7-9-15-25)35(21-26-16-10-12-18-28(26)33)31(37)22-36(41(5,39)40)29-19-13-11-17-27(29)23(2)3/h7-19,23-24,30H,6,20-22H2,1-5H3,(H,34,38). The van der Waals surface area contributed by atoms with Gasteiger partial charge in [-0.2, -0.15) is 0 Å². The summed E-state index contributed by atoms with van der Waals surface area (Å²) in [5.74, 6) is -0.789. The normalized spacial score (nSPS) is 13.0. The summed E-state index contributed by atoms with van der Waals surface area (Å²) >= 11 is 6.51. The predicted molar refractivity (Wildman–Crippen MR) is 167 cm³/mol. The van der Waals surface area contributed by atoms with Crippen molar-refractivity contribution in [3.63, 3.8) is 0 Å². The van der Waals surface area contributed by atoms with Gasteiger partial charge in [0.15, 0.2) is 0 Å². The van der Waals surface area contributed by atoms with Crippen LogP contribution in [0.5, 0.6) is 0 Å². The number of carbonyl (C=O) groups excluding carboxylic acids is 2. The van der Waals surface area contributed by atoms with Crippen molar-refractivity contribution >= 4 is 39.1 Å². The monoisotopic (exact) mass is 597 g/mol. The van der Waals surface area contributed by atoms with Crippen molar-refractivity contribution in [3.05, 3.63) is 101 Å². The minimum Gasteiger partial charge on any atom is -0.352 e. The predicted octanol–water partition coefficient (Wildman–Crippen LogP) is 5.78. The summed E-state index contributed by atoms with van der Waals surface area (Å²) in [6.45, 7) is 7.40. The molecule has 0 saturated carbocycles. The first kappa shape index (κ1) is 32.2. The zero-order valence-electron chi connectivity index (χ0n) is 24.4. The van der Waals surface area contributed by atoms with Crippen LogP contribution in [0.15, 0.2) is 78.9 Å². The van der Waals surface area contributed by atoms with Gasteiger partial charge in [0.05, 0.1) is 11.9 Å². The highest BCUT2D eigenvalue weighted by Crippen LogP contribution is 2.29. The first-order valence-electron chi connectivity index (χ1n) is 13.9. The Morgan fingerprint density at radius 2 is 1.51 bits per heavy atom. The van der Waals surface area contributed by atoms with Crippen LogP contribution in [0, 0.1) is 0 Å². The number of nitrogens with one attached hydrogen (secondary N) is 1. The number of sulfonamides is 1. The van der Waals surface area contributed by atoms with Gasteiger partial charge in [-0.15, -0.1) is 0 Å². The number of rotatable bonds is 13. The van der Waals surface area contributed by atoms with Crippen molar-refractivity contribution in [1.82, 2.24) is 10.2 Å². The molecule has 0 saturated heterocycles. The molecule has 3 aromatic carbocycles. The van der Waals surface area contributed by atoms with Gasteiger partial charge >= 0.3 is 0 Å². The average molecular weight is 598 g/mol. The van der Waals surface area contributed by atoms with Gasteiger partial charge in [-0.3, -0.25) is 13.9 Å². The Kier molecular flexibility index (Phi) is 11.4. The van der Waals surface area contributed by atoms with E-state index >= 15 is 0 Å². The highest BCUT2D eigenvalue weighted by molar-refractivity contribution is 7.92. The molecule has 3 rings (SSSR count). The summed E-state index contributed by atoms with van der Waals surface area (Å²) in [4.78, 5) is 29.5. The number of carbonyl (C=O) groups is 2. The molecule has 0 fully saturated rings. The maximum atomic E-state index is 14.3. The zero-order chi connectivity index (χ0) is 30.2. The lowest BCUT2D eigenvalue weighted by atomic mass is 10.0. The molecule has 220 valence electrons. The van der Waals surface area contributed by atoms with E-state index in [1.54, 1.807) is 30.3 Å². The van der Waals surface area contributed by atoms with Crippen molar-refractivity contribution in [2.45, 2.75) is 65.1 Å². The molecular formula is C32H40ClN3O4S. The minimum atomic E-state index is -3.85. The van der Waals surface area contributed by atoms with E-state index in [4.69, 9.17) is 11.6 Å². The summed E-state index contributed by atoms with van der Waals surface area (Å²) in [5.41, 5.74) is 2.78. The van der Waals surface area contributed by atoms with Crippen molar-refractivity contribution < 1.29 is 18.0 Å². The first-order valence-corrected chi connectivity index (χ1v) is 16.1. The smallest absolute Gasteiger partial charge is 0.244 e. The third-order valence-electron chi connectivity index (χ3n) is 7.08. The molecule has 0 radical (unpaired) electrons. The zero-order valence-corrected chi connectivity index (χ0v) is 26.0. The molecule has 2 amide bonds. The molecule has 0 aliphatic heterocycles. The van der Waals surface area contributed by atoms with Crippen LogP contribution < -0.4 is 9.62 Å². The molecule has 0 heterocycles. The van der Waals surface area contributed by atoms with Crippen LogP contribution in [0.1, 0.15) is 56.7 Å². The Morgan fingerprint density at radius 3 is 2.12 bits per heavy atom. The number of hydrogen-bond acceptors (Lipinski definition) is 4. The van der Waals surface area contributed by atoms with Crippen molar-refractivity contribution in [2.75, 3.05) is 17.1 Å². The molecule has 0 bridgehead atoms. The van der Waals surface area contributed by atoms with Gasteiger partial charge in [-0.1, -0.05) is 99.1 Å². The second-order valence-corrected chi connectivity index (χ2v) is 12.9. The van der Waals surface area contributed by atoms with E-state index in [0.29, 0.717) is 16.3 Å². The molecule has 1 N–H and O–H groups in total. The van der Waals surface area contributed by atoms with Crippen LogP contribution in [0.3, 0.4) is 0 Å². The van der Waals surface area contributed by atoms with Crippen LogP contribution in [0.4, 0.5) is 5.69 Å². The van der Waals surface area contributed by atoms with Gasteiger partial charge in [0, 0.05) is 24.0 Å². The summed E-state index contributed by atoms with van der Waals surface area (Å²) in [6, 6.07) is 22.8. The fraction of sp³-hybridized carbons (Fsp3) is 0.375. The molecular weight excluding hydrogens is 558 g/mol. The van der Waals surface area contributed by atoms with Gasteiger partial charge in [-0.25, -0.2) is 8.42 Å². The molecule has 0 aliphatic carbocycles. The summed E-state index contributed by atoms with van der Waals surface area (Å²) in [7, 11) is -3.85. The van der Waals surface area contributed by atoms with E-state index in [1.165, 1.54) is 4.90 Å². The fourth-order valence-corrected chi connectivity index (χ4v) is 5.67. The Morgan fingerprint density at radius 1 is 0.902 bits per heavy atom. The number of para-hydroxylation sites is 1. The van der Waals surface area contributed by atoms with Crippen LogP contribution in [0.2, 0.25) is 5.02 Å². The van der Waals surface area contributed by atoms with Crippen LogP contribution in [-0.2, 0) is 32.6 Å². The van der Waals surface area contributed by atoms with Crippen molar-refractivity contribution in [2.24, 2.45) is 0 Å². The van der Waals surface area contributed by atoms with Gasteiger partial charge in [0.25, 0.3) is 0 Å². The lowest BCUT2D eigenvalue weighted by Crippen LogP contribution is -2.54. The minimum absolute atomic E-state index is 0.0249. The van der Waals surface area contributed by atoms with Gasteiger partial charge in [0.2, 0.25) is 21.8 Å². The topological polar surface area (TPSA) is 86.8 Å². The van der Waals surface area contributed by atoms with Crippen molar-refractivity contribution in [1.29, 1.82) is 0 Å². The van der Waals surface area contributed by atoms with Gasteiger partial charge in [-0.05, 0) is 48.1 Å². The fourth-order valence-electron chi connectivity index (χ4n) is 4.60. The molecule has 9 heteroatoms. The molecule has 41 heavy (non-hydrogen) atoms. The number of benzene rings is 3. The number of hydrogen-bond donors (Lipinski definition) is 1. The maximum absolute atomic E-state index is 14.3. The maximum Gasteiger partial charge on any atom is 0.244 e. The molecule has 0 spiro atoms. The Balaban J connectivity index is 2.11. The molecule has 2 atom stereocenters. The second kappa shape index (κ2) is 14.5. The average Bonchev–Trinajstić information content (AvgIpc) is 2.94. The lowest BCUT2D eigenvalue weighted by molar-refractivity contribution is -0.140. The first-order chi connectivity index (χ1) is 19.4. The number of halogens is 1. The summed E-state index contributed by atoms with van der Waals surface area (Å²) in [6.07, 6.45) is 2.06. The van der Waals surface area contributed by atoms with Crippen molar-refractivity contribution in [3.8, 4) is 0 Å². The Bertz CT molecular complexity index is 1430. The van der Waals surface area contributed by atoms with Crippen LogP contribution in [0.25, 0.3) is 0 Å². The van der Waals surface area contributed by atoms with E-state index in [1.807, 2.05) is 76.2 Å². The van der Waals surface area contributed by atoms with E-state index in [9.17, 15) is 18.0 Å². The van der Waals surface area contributed by atoms with E-state index in [-0.39, 0.29) is 30.8 Å². The number of nitrogens with zero attached hydrogens (tertiary/aromatic N) is 2. The van der Waals surface area contributed by atoms with E-state index in [0.717, 1.165) is 28.1 Å². The second-order valence-electron chi connectivity index (χ2n) is 10.6. The summed E-state index contributed by atoms with van der Waals surface area (Å²) < 4.78 is 27.4. The SMILES string of the molecule is CCC(C)NC(=O)C(Cc1ccccc1)N(Cc1ccccc1Cl)C(=O)CN(c1ccccc1C(C)C)S(C)(=O)=O. The molecule has 0 aromatic heterocycles. The molecule has 3 aromatic rings.